The number of rotatable bonds is 7. The standard InChI is InChI=1S/C19H17ClF4N2O2S/c1-13(8-9-19(22,23)24)26(12-15-3-2-14(11-25)10-18(15)21)29(27,28)17-6-4-16(20)5-7-17/h2-7,10,13H,8-9,12H2,1H3/t13-/m1/s1. The Morgan fingerprint density at radius 3 is 2.31 bits per heavy atom. The predicted octanol–water partition coefficient (Wildman–Crippen LogP) is 5.27. The molecule has 0 fully saturated rings. The summed E-state index contributed by atoms with van der Waals surface area (Å²) in [5.41, 5.74) is -0.0103. The predicted molar refractivity (Wildman–Crippen MR) is 100 cm³/mol. The van der Waals surface area contributed by atoms with E-state index in [4.69, 9.17) is 16.9 Å². The maximum Gasteiger partial charge on any atom is 0.389 e. The van der Waals surface area contributed by atoms with Gasteiger partial charge in [0.1, 0.15) is 5.82 Å². The molecule has 0 unspecified atom stereocenters. The first kappa shape index (κ1) is 23.1. The summed E-state index contributed by atoms with van der Waals surface area (Å²) in [4.78, 5) is -0.171. The van der Waals surface area contributed by atoms with Crippen molar-refractivity contribution >= 4 is 21.6 Å². The quantitative estimate of drug-likeness (QED) is 0.542. The zero-order valence-electron chi connectivity index (χ0n) is 15.2. The Balaban J connectivity index is 2.42. The van der Waals surface area contributed by atoms with Crippen LogP contribution in [-0.4, -0.2) is 24.9 Å². The number of hydrogen-bond donors (Lipinski definition) is 0. The molecule has 10 heteroatoms. The minimum absolute atomic E-state index is 0.0449. The first-order valence-corrected chi connectivity index (χ1v) is 10.3. The molecule has 0 saturated carbocycles. The Morgan fingerprint density at radius 2 is 1.79 bits per heavy atom. The number of alkyl halides is 3. The molecule has 0 radical (unpaired) electrons. The monoisotopic (exact) mass is 448 g/mol. The van der Waals surface area contributed by atoms with Gasteiger partial charge in [0.05, 0.1) is 16.5 Å². The average Bonchev–Trinajstić information content (AvgIpc) is 2.64. The van der Waals surface area contributed by atoms with Crippen LogP contribution in [0.25, 0.3) is 0 Å². The van der Waals surface area contributed by atoms with Crippen molar-refractivity contribution in [1.29, 1.82) is 5.26 Å². The van der Waals surface area contributed by atoms with E-state index < -0.39 is 47.4 Å². The van der Waals surface area contributed by atoms with E-state index >= 15 is 0 Å². The van der Waals surface area contributed by atoms with Gasteiger partial charge in [-0.2, -0.15) is 22.7 Å². The van der Waals surface area contributed by atoms with Gasteiger partial charge in [-0.15, -0.1) is 0 Å². The summed E-state index contributed by atoms with van der Waals surface area (Å²) >= 11 is 5.77. The van der Waals surface area contributed by atoms with Gasteiger partial charge in [-0.1, -0.05) is 17.7 Å². The Labute approximate surface area is 171 Å². The summed E-state index contributed by atoms with van der Waals surface area (Å²) in [5, 5.41) is 9.12. The molecule has 156 valence electrons. The minimum Gasteiger partial charge on any atom is -0.207 e. The van der Waals surface area contributed by atoms with E-state index in [-0.39, 0.29) is 16.0 Å². The van der Waals surface area contributed by atoms with E-state index in [0.717, 1.165) is 10.4 Å². The SMILES string of the molecule is C[C@H](CCC(F)(F)F)N(Cc1ccc(C#N)cc1F)S(=O)(=O)c1ccc(Cl)cc1. The third kappa shape index (κ3) is 6.16. The maximum absolute atomic E-state index is 14.3. The van der Waals surface area contributed by atoms with Gasteiger partial charge < -0.3 is 0 Å². The molecule has 1 atom stereocenters. The van der Waals surface area contributed by atoms with Gasteiger partial charge in [0.25, 0.3) is 0 Å². The number of benzene rings is 2. The van der Waals surface area contributed by atoms with Crippen molar-refractivity contribution in [1.82, 2.24) is 4.31 Å². The normalized spacial score (nSPS) is 13.3. The van der Waals surface area contributed by atoms with E-state index in [0.29, 0.717) is 5.02 Å². The first-order chi connectivity index (χ1) is 13.4. The number of nitriles is 1. The fourth-order valence-electron chi connectivity index (χ4n) is 2.65. The van der Waals surface area contributed by atoms with Crippen LogP contribution in [-0.2, 0) is 16.6 Å². The van der Waals surface area contributed by atoms with E-state index in [1.54, 1.807) is 6.07 Å². The Bertz CT molecular complexity index is 1000. The van der Waals surface area contributed by atoms with E-state index in [1.807, 2.05) is 0 Å². The van der Waals surface area contributed by atoms with Gasteiger partial charge in [0, 0.05) is 29.6 Å². The molecule has 0 heterocycles. The van der Waals surface area contributed by atoms with Gasteiger partial charge in [0.15, 0.2) is 0 Å². The Morgan fingerprint density at radius 1 is 1.17 bits per heavy atom. The van der Waals surface area contributed by atoms with E-state index in [9.17, 15) is 26.0 Å². The van der Waals surface area contributed by atoms with Crippen LogP contribution in [0.4, 0.5) is 17.6 Å². The number of sulfonamides is 1. The largest absolute Gasteiger partial charge is 0.389 e. The Kier molecular flexibility index (Phi) is 7.27. The van der Waals surface area contributed by atoms with Crippen LogP contribution in [0, 0.1) is 17.1 Å². The molecule has 0 aliphatic carbocycles. The summed E-state index contributed by atoms with van der Waals surface area (Å²) in [6.07, 6.45) is -6.13. The highest BCUT2D eigenvalue weighted by Crippen LogP contribution is 2.28. The zero-order chi connectivity index (χ0) is 21.8. The summed E-state index contributed by atoms with van der Waals surface area (Å²) in [6.45, 7) is 0.849. The molecule has 2 aromatic rings. The minimum atomic E-state index is -4.45. The topological polar surface area (TPSA) is 61.2 Å². The van der Waals surface area contributed by atoms with Gasteiger partial charge >= 0.3 is 6.18 Å². The highest BCUT2D eigenvalue weighted by Gasteiger charge is 2.34. The zero-order valence-corrected chi connectivity index (χ0v) is 16.8. The van der Waals surface area contributed by atoms with E-state index in [1.165, 1.54) is 43.3 Å². The second-order valence-electron chi connectivity index (χ2n) is 6.43. The molecular formula is C19H17ClF4N2O2S. The lowest BCUT2D eigenvalue weighted by Gasteiger charge is -2.29. The molecule has 0 aliphatic rings. The molecule has 0 saturated heterocycles. The lowest BCUT2D eigenvalue weighted by molar-refractivity contribution is -0.137. The average molecular weight is 449 g/mol. The van der Waals surface area contributed by atoms with Crippen LogP contribution < -0.4 is 0 Å². The smallest absolute Gasteiger partial charge is 0.207 e. The summed E-state index contributed by atoms with van der Waals surface area (Å²) < 4.78 is 79.2. The van der Waals surface area contributed by atoms with Crippen LogP contribution in [0.3, 0.4) is 0 Å². The summed E-state index contributed by atoms with van der Waals surface area (Å²) in [5.74, 6) is -0.816. The highest BCUT2D eigenvalue weighted by molar-refractivity contribution is 7.89. The van der Waals surface area contributed by atoms with Crippen molar-refractivity contribution < 1.29 is 26.0 Å². The van der Waals surface area contributed by atoms with Crippen molar-refractivity contribution in [2.45, 2.75) is 43.4 Å². The van der Waals surface area contributed by atoms with Gasteiger partial charge in [-0.3, -0.25) is 0 Å². The maximum atomic E-state index is 14.3. The number of nitrogens with zero attached hydrogens (tertiary/aromatic N) is 2. The van der Waals surface area contributed by atoms with Crippen LogP contribution in [0.15, 0.2) is 47.4 Å². The third-order valence-electron chi connectivity index (χ3n) is 4.27. The molecular weight excluding hydrogens is 432 g/mol. The van der Waals surface area contributed by atoms with Crippen LogP contribution in [0.5, 0.6) is 0 Å². The van der Waals surface area contributed by atoms with Crippen LogP contribution >= 0.6 is 11.6 Å². The van der Waals surface area contributed by atoms with Crippen molar-refractivity contribution in [2.75, 3.05) is 0 Å². The first-order valence-electron chi connectivity index (χ1n) is 8.47. The summed E-state index contributed by atoms with van der Waals surface area (Å²) in [6, 6.07) is 9.35. The van der Waals surface area contributed by atoms with Gasteiger partial charge in [-0.25, -0.2) is 12.8 Å². The van der Waals surface area contributed by atoms with Crippen molar-refractivity contribution in [3.63, 3.8) is 0 Å². The molecule has 4 nitrogen and oxygen atoms in total. The second-order valence-corrected chi connectivity index (χ2v) is 8.75. The van der Waals surface area contributed by atoms with Crippen LogP contribution in [0.2, 0.25) is 5.02 Å². The molecule has 2 aromatic carbocycles. The van der Waals surface area contributed by atoms with Crippen molar-refractivity contribution in [2.24, 2.45) is 0 Å². The fourth-order valence-corrected chi connectivity index (χ4v) is 4.41. The molecule has 2 rings (SSSR count). The molecule has 0 amide bonds. The van der Waals surface area contributed by atoms with Gasteiger partial charge in [-0.05, 0) is 49.7 Å². The summed E-state index contributed by atoms with van der Waals surface area (Å²) in [7, 11) is -4.24. The lowest BCUT2D eigenvalue weighted by Crippen LogP contribution is -2.39. The van der Waals surface area contributed by atoms with Crippen molar-refractivity contribution in [3.8, 4) is 6.07 Å². The third-order valence-corrected chi connectivity index (χ3v) is 6.49. The van der Waals surface area contributed by atoms with Gasteiger partial charge in [0.2, 0.25) is 10.0 Å². The number of hydrogen-bond acceptors (Lipinski definition) is 3. The molecule has 29 heavy (non-hydrogen) atoms. The molecule has 0 N–H and O–H groups in total. The van der Waals surface area contributed by atoms with E-state index in [2.05, 4.69) is 0 Å². The fraction of sp³-hybridized carbons (Fsp3) is 0.316. The number of halogens is 5. The molecule has 0 bridgehead atoms. The highest BCUT2D eigenvalue weighted by atomic mass is 35.5. The molecule has 0 spiro atoms. The molecule has 0 aliphatic heterocycles. The van der Waals surface area contributed by atoms with Crippen molar-refractivity contribution in [3.05, 3.63) is 64.4 Å². The second kappa shape index (κ2) is 9.11. The van der Waals surface area contributed by atoms with Crippen LogP contribution in [0.1, 0.15) is 30.9 Å². The Hall–Kier alpha value is -2.15. The lowest BCUT2D eigenvalue weighted by atomic mass is 10.1. The molecule has 0 aromatic heterocycles.